The Morgan fingerprint density at radius 2 is 1.86 bits per heavy atom. The second kappa shape index (κ2) is 10.5. The summed E-state index contributed by atoms with van der Waals surface area (Å²) >= 11 is 7.68. The van der Waals surface area contributed by atoms with Crippen molar-refractivity contribution in [3.8, 4) is 10.4 Å². The minimum Gasteiger partial charge on any atom is -0.347 e. The highest BCUT2D eigenvalue weighted by Crippen LogP contribution is 2.32. The third-order valence-electron chi connectivity index (χ3n) is 6.03. The van der Waals surface area contributed by atoms with Crippen molar-refractivity contribution in [2.45, 2.75) is 32.7 Å². The van der Waals surface area contributed by atoms with Gasteiger partial charge in [-0.1, -0.05) is 60.1 Å². The van der Waals surface area contributed by atoms with Gasteiger partial charge in [-0.2, -0.15) is 0 Å². The molecule has 0 atom stereocenters. The average molecular weight is 500 g/mol. The highest BCUT2D eigenvalue weighted by atomic mass is 35.5. The maximum Gasteiger partial charge on any atom is 0.275 e. The van der Waals surface area contributed by atoms with Gasteiger partial charge >= 0.3 is 0 Å². The quantitative estimate of drug-likeness (QED) is 0.220. The van der Waals surface area contributed by atoms with Crippen molar-refractivity contribution in [3.63, 3.8) is 0 Å². The van der Waals surface area contributed by atoms with E-state index in [1.54, 1.807) is 0 Å². The molecule has 1 N–H and O–H groups in total. The van der Waals surface area contributed by atoms with Crippen molar-refractivity contribution in [2.24, 2.45) is 0 Å². The van der Waals surface area contributed by atoms with Gasteiger partial charge < -0.3 is 9.88 Å². The number of unbranched alkanes of at least 4 members (excludes halogenated alkanes) is 1. The van der Waals surface area contributed by atoms with Crippen LogP contribution in [0.15, 0.2) is 85.1 Å². The first-order chi connectivity index (χ1) is 17.1. The van der Waals surface area contributed by atoms with Gasteiger partial charge in [-0.25, -0.2) is 4.98 Å². The summed E-state index contributed by atoms with van der Waals surface area (Å²) in [4.78, 5) is 18.5. The molecule has 5 rings (SSSR count). The largest absolute Gasteiger partial charge is 0.347 e. The number of carbonyl (C=O) groups excluding carboxylic acids is 1. The van der Waals surface area contributed by atoms with Gasteiger partial charge in [0.2, 0.25) is 0 Å². The molecule has 5 aromatic rings. The number of thiazole rings is 1. The SMILES string of the molecule is Cc1nc(C(=O)Nc2ccc3ccn(CCCCc4ccccc4)c3c2)c(-c2cccc(Cl)c2)s1. The van der Waals surface area contributed by atoms with Gasteiger partial charge in [-0.15, -0.1) is 11.3 Å². The number of fused-ring (bicyclic) bond motifs is 1. The van der Waals surface area contributed by atoms with Crippen LogP contribution in [-0.4, -0.2) is 15.5 Å². The Balaban J connectivity index is 1.30. The summed E-state index contributed by atoms with van der Waals surface area (Å²) in [6.07, 6.45) is 5.44. The van der Waals surface area contributed by atoms with Crippen molar-refractivity contribution in [1.29, 1.82) is 0 Å². The summed E-state index contributed by atoms with van der Waals surface area (Å²) in [6.45, 7) is 2.85. The first kappa shape index (κ1) is 23.3. The number of hydrogen-bond donors (Lipinski definition) is 1. The molecule has 2 heterocycles. The Morgan fingerprint density at radius 1 is 1.00 bits per heavy atom. The number of anilines is 1. The molecule has 0 saturated carbocycles. The van der Waals surface area contributed by atoms with E-state index in [2.05, 4.69) is 63.5 Å². The van der Waals surface area contributed by atoms with Crippen molar-refractivity contribution in [3.05, 3.63) is 106 Å². The van der Waals surface area contributed by atoms with Crippen molar-refractivity contribution >= 4 is 45.4 Å². The lowest BCUT2D eigenvalue weighted by molar-refractivity contribution is 0.102. The molecule has 0 spiro atoms. The molecule has 1 amide bonds. The summed E-state index contributed by atoms with van der Waals surface area (Å²) in [5.74, 6) is -0.218. The highest BCUT2D eigenvalue weighted by molar-refractivity contribution is 7.15. The van der Waals surface area contributed by atoms with E-state index in [0.717, 1.165) is 57.8 Å². The van der Waals surface area contributed by atoms with Crippen LogP contribution < -0.4 is 5.32 Å². The third kappa shape index (κ3) is 5.47. The number of benzene rings is 3. The van der Waals surface area contributed by atoms with Gasteiger partial charge in [0, 0.05) is 23.5 Å². The molecule has 35 heavy (non-hydrogen) atoms. The van der Waals surface area contributed by atoms with E-state index in [0.29, 0.717) is 10.7 Å². The van der Waals surface area contributed by atoms with Crippen LogP contribution in [0.3, 0.4) is 0 Å². The highest BCUT2D eigenvalue weighted by Gasteiger charge is 2.19. The van der Waals surface area contributed by atoms with Crippen LogP contribution >= 0.6 is 22.9 Å². The fourth-order valence-corrected chi connectivity index (χ4v) is 5.41. The summed E-state index contributed by atoms with van der Waals surface area (Å²) in [5.41, 5.74) is 4.57. The standard InChI is InChI=1S/C29H26ClN3OS/c1-20-31-27(28(35-20)23-11-7-12-24(30)18-23)29(34)32-25-14-13-22-15-17-33(26(22)19-25)16-6-5-10-21-8-3-2-4-9-21/h2-4,7-9,11-15,17-19H,5-6,10,16H2,1H3,(H,32,34). The van der Waals surface area contributed by atoms with Crippen LogP contribution in [0.1, 0.15) is 33.9 Å². The smallest absolute Gasteiger partial charge is 0.275 e. The van der Waals surface area contributed by atoms with E-state index < -0.39 is 0 Å². The summed E-state index contributed by atoms with van der Waals surface area (Å²) in [6, 6.07) is 26.3. The van der Waals surface area contributed by atoms with Crippen molar-refractivity contribution < 1.29 is 4.79 Å². The number of hydrogen-bond acceptors (Lipinski definition) is 3. The zero-order valence-corrected chi connectivity index (χ0v) is 21.1. The molecule has 3 aromatic carbocycles. The molecule has 0 radical (unpaired) electrons. The van der Waals surface area contributed by atoms with Crippen LogP contribution in [0.5, 0.6) is 0 Å². The van der Waals surface area contributed by atoms with Crippen LogP contribution in [0, 0.1) is 6.92 Å². The number of amides is 1. The molecule has 6 heteroatoms. The number of nitrogens with zero attached hydrogens (tertiary/aromatic N) is 2. The molecule has 0 bridgehead atoms. The fourth-order valence-electron chi connectivity index (χ4n) is 4.31. The minimum absolute atomic E-state index is 0.218. The second-order valence-electron chi connectivity index (χ2n) is 8.60. The van der Waals surface area contributed by atoms with Gasteiger partial charge in [0.05, 0.1) is 15.4 Å². The molecular formula is C29H26ClN3OS. The van der Waals surface area contributed by atoms with Gasteiger partial charge in [-0.3, -0.25) is 4.79 Å². The zero-order valence-electron chi connectivity index (χ0n) is 19.5. The van der Waals surface area contributed by atoms with Gasteiger partial charge in [0.15, 0.2) is 0 Å². The predicted molar refractivity (Wildman–Crippen MR) is 147 cm³/mol. The Hall–Kier alpha value is -3.41. The van der Waals surface area contributed by atoms with Crippen molar-refractivity contribution in [1.82, 2.24) is 9.55 Å². The van der Waals surface area contributed by atoms with Crippen LogP contribution in [0.4, 0.5) is 5.69 Å². The number of halogens is 1. The van der Waals surface area contributed by atoms with E-state index in [1.165, 1.54) is 16.9 Å². The van der Waals surface area contributed by atoms with E-state index in [1.807, 2.05) is 43.3 Å². The molecule has 2 aromatic heterocycles. The lowest BCUT2D eigenvalue weighted by Gasteiger charge is -2.09. The van der Waals surface area contributed by atoms with Crippen molar-refractivity contribution in [2.75, 3.05) is 5.32 Å². The monoisotopic (exact) mass is 499 g/mol. The molecule has 176 valence electrons. The van der Waals surface area contributed by atoms with Crippen LogP contribution in [0.25, 0.3) is 21.3 Å². The maximum absolute atomic E-state index is 13.2. The number of nitrogens with one attached hydrogen (secondary N) is 1. The first-order valence-electron chi connectivity index (χ1n) is 11.7. The molecule has 0 saturated heterocycles. The lowest BCUT2D eigenvalue weighted by Crippen LogP contribution is -2.13. The summed E-state index contributed by atoms with van der Waals surface area (Å²) in [7, 11) is 0. The van der Waals surface area contributed by atoms with E-state index in [9.17, 15) is 4.79 Å². The topological polar surface area (TPSA) is 46.9 Å². The van der Waals surface area contributed by atoms with Gasteiger partial charge in [0.1, 0.15) is 5.69 Å². The zero-order chi connectivity index (χ0) is 24.2. The average Bonchev–Trinajstić information content (AvgIpc) is 3.46. The minimum atomic E-state index is -0.218. The van der Waals surface area contributed by atoms with Gasteiger partial charge in [-0.05, 0) is 73.0 Å². The Bertz CT molecular complexity index is 1470. The molecule has 0 aliphatic carbocycles. The molecule has 4 nitrogen and oxygen atoms in total. The molecule has 0 aliphatic rings. The number of aryl methyl sites for hydroxylation is 3. The second-order valence-corrected chi connectivity index (χ2v) is 10.2. The van der Waals surface area contributed by atoms with Crippen LogP contribution in [-0.2, 0) is 13.0 Å². The number of carbonyl (C=O) groups is 1. The Kier molecular flexibility index (Phi) is 6.98. The molecule has 0 fully saturated rings. The number of aromatic nitrogens is 2. The fraction of sp³-hybridized carbons (Fsp3) is 0.172. The number of rotatable bonds is 8. The van der Waals surface area contributed by atoms with E-state index in [4.69, 9.17) is 11.6 Å². The summed E-state index contributed by atoms with van der Waals surface area (Å²) in [5, 5.41) is 5.69. The predicted octanol–water partition coefficient (Wildman–Crippen LogP) is 8.00. The maximum atomic E-state index is 13.2. The van der Waals surface area contributed by atoms with E-state index >= 15 is 0 Å². The molecule has 0 aliphatic heterocycles. The Labute approximate surface area is 214 Å². The molecular weight excluding hydrogens is 474 g/mol. The Morgan fingerprint density at radius 3 is 2.69 bits per heavy atom. The summed E-state index contributed by atoms with van der Waals surface area (Å²) < 4.78 is 2.26. The third-order valence-corrected chi connectivity index (χ3v) is 7.28. The first-order valence-corrected chi connectivity index (χ1v) is 12.9. The molecule has 0 unspecified atom stereocenters. The van der Waals surface area contributed by atoms with Crippen LogP contribution in [0.2, 0.25) is 5.02 Å². The van der Waals surface area contributed by atoms with Gasteiger partial charge in [0.25, 0.3) is 5.91 Å². The lowest BCUT2D eigenvalue weighted by atomic mass is 10.1. The van der Waals surface area contributed by atoms with E-state index in [-0.39, 0.29) is 5.91 Å². The normalized spacial score (nSPS) is 11.1.